The van der Waals surface area contributed by atoms with Crippen LogP contribution < -0.4 is 10.0 Å². The van der Waals surface area contributed by atoms with Crippen LogP contribution in [0.2, 0.25) is 5.02 Å². The van der Waals surface area contributed by atoms with Crippen molar-refractivity contribution in [3.05, 3.63) is 76.2 Å². The average Bonchev–Trinajstić information content (AvgIpc) is 3.28. The number of imidazole rings is 1. The van der Waals surface area contributed by atoms with Crippen molar-refractivity contribution in [2.75, 3.05) is 26.2 Å². The van der Waals surface area contributed by atoms with Gasteiger partial charge in [-0.25, -0.2) is 4.98 Å². The van der Waals surface area contributed by atoms with Crippen LogP contribution in [0.3, 0.4) is 0 Å². The maximum absolute atomic E-state index is 13.8. The first-order valence-electron chi connectivity index (χ1n) is 11.2. The van der Waals surface area contributed by atoms with E-state index in [1.54, 1.807) is 53.9 Å². The molecule has 4 rings (SSSR count). The number of amides is 1. The molecule has 172 valence electrons. The Bertz CT molecular complexity index is 1230. The van der Waals surface area contributed by atoms with Crippen molar-refractivity contribution in [3.63, 3.8) is 0 Å². The molecule has 8 heteroatoms. The van der Waals surface area contributed by atoms with Crippen molar-refractivity contribution < 1.29 is 19.6 Å². The number of halogens is 1. The van der Waals surface area contributed by atoms with E-state index in [9.17, 15) is 14.7 Å². The normalized spacial score (nSPS) is 18.1. The van der Waals surface area contributed by atoms with Gasteiger partial charge in [-0.1, -0.05) is 35.6 Å². The van der Waals surface area contributed by atoms with Crippen LogP contribution in [0.4, 0.5) is 0 Å². The Morgan fingerprint density at radius 1 is 1.12 bits per heavy atom. The second-order valence-corrected chi connectivity index (χ2v) is 8.64. The zero-order chi connectivity index (χ0) is 23.7. The fourth-order valence-corrected chi connectivity index (χ4v) is 4.62. The predicted molar refractivity (Wildman–Crippen MR) is 125 cm³/mol. The quantitative estimate of drug-likeness (QED) is 0.324. The largest absolute Gasteiger partial charge is 0.871 e. The maximum atomic E-state index is 13.8. The van der Waals surface area contributed by atoms with Gasteiger partial charge in [-0.15, -0.1) is 0 Å². The number of carbonyl (C=O) groups is 2. The molecule has 1 aliphatic heterocycles. The summed E-state index contributed by atoms with van der Waals surface area (Å²) in [6.07, 6.45) is 1.74. The van der Waals surface area contributed by atoms with Crippen LogP contribution in [0, 0.1) is 6.92 Å². The molecule has 0 bridgehead atoms. The summed E-state index contributed by atoms with van der Waals surface area (Å²) < 4.78 is 1.67. The fraction of sp³-hybridized carbons (Fsp3) is 0.320. The van der Waals surface area contributed by atoms with E-state index >= 15 is 0 Å². The molecule has 3 aromatic rings. The van der Waals surface area contributed by atoms with Crippen molar-refractivity contribution in [1.29, 1.82) is 0 Å². The molecule has 2 aromatic heterocycles. The molecule has 3 heterocycles. The number of likely N-dealkylation sites (N-methyl/N-ethyl adjacent to an activating group) is 1. The Morgan fingerprint density at radius 3 is 2.48 bits per heavy atom. The van der Waals surface area contributed by atoms with Gasteiger partial charge in [0.25, 0.3) is 5.91 Å². The average molecular weight is 467 g/mol. The molecule has 0 aliphatic carbocycles. The molecule has 1 aliphatic rings. The topological polar surface area (TPSA) is 82.2 Å². The third kappa shape index (κ3) is 4.14. The Balaban J connectivity index is 1.87. The number of likely N-dealkylation sites (tertiary alicyclic amines) is 1. The summed E-state index contributed by atoms with van der Waals surface area (Å²) in [5, 5.41) is 14.4. The van der Waals surface area contributed by atoms with Gasteiger partial charge in [0, 0.05) is 16.8 Å². The number of benzene rings is 1. The monoisotopic (exact) mass is 466 g/mol. The number of nitrogens with zero attached hydrogens (tertiary/aromatic N) is 3. The summed E-state index contributed by atoms with van der Waals surface area (Å²) in [6.45, 7) is 8.79. The highest BCUT2D eigenvalue weighted by molar-refractivity contribution is 6.46. The zero-order valence-electron chi connectivity index (χ0n) is 19.0. The zero-order valence-corrected chi connectivity index (χ0v) is 19.7. The second kappa shape index (κ2) is 9.37. The van der Waals surface area contributed by atoms with Gasteiger partial charge in [-0.2, -0.15) is 0 Å². The van der Waals surface area contributed by atoms with Gasteiger partial charge in [0.15, 0.2) is 0 Å². The number of hydrogen-bond acceptors (Lipinski definition) is 4. The minimum atomic E-state index is -0.765. The SMILES string of the molecule is CC[NH+](CC)CCN1C(=O)C(=O)/C(=C(/[O-])c2c(C)nc3ccccn23)C1c1ccc(Cl)cc1. The molecule has 1 saturated heterocycles. The smallest absolute Gasteiger partial charge is 0.295 e. The first kappa shape index (κ1) is 23.0. The summed E-state index contributed by atoms with van der Waals surface area (Å²) in [5.41, 5.74) is 2.08. The number of fused-ring (bicyclic) bond motifs is 1. The van der Waals surface area contributed by atoms with E-state index in [2.05, 4.69) is 18.8 Å². The molecule has 0 spiro atoms. The van der Waals surface area contributed by atoms with Crippen molar-refractivity contribution in [2.45, 2.75) is 26.8 Å². The number of rotatable bonds is 7. The van der Waals surface area contributed by atoms with E-state index < -0.39 is 23.5 Å². The van der Waals surface area contributed by atoms with Crippen LogP contribution in [0.25, 0.3) is 11.4 Å². The number of quaternary nitrogens is 1. The van der Waals surface area contributed by atoms with Crippen molar-refractivity contribution >= 4 is 34.7 Å². The lowest BCUT2D eigenvalue weighted by atomic mass is 9.96. The molecule has 1 atom stereocenters. The molecule has 1 N–H and O–H groups in total. The molecular formula is C25H27ClN4O3. The van der Waals surface area contributed by atoms with Gasteiger partial charge in [0.1, 0.15) is 5.65 Å². The number of ketones is 1. The summed E-state index contributed by atoms with van der Waals surface area (Å²) >= 11 is 6.08. The minimum Gasteiger partial charge on any atom is -0.871 e. The molecular weight excluding hydrogens is 440 g/mol. The van der Waals surface area contributed by atoms with Gasteiger partial charge in [0.2, 0.25) is 5.78 Å². The number of nitrogens with one attached hydrogen (secondary N) is 1. The summed E-state index contributed by atoms with van der Waals surface area (Å²) in [7, 11) is 0. The van der Waals surface area contributed by atoms with E-state index in [-0.39, 0.29) is 5.57 Å². The molecule has 1 fully saturated rings. The van der Waals surface area contributed by atoms with Crippen molar-refractivity contribution in [3.8, 4) is 0 Å². The third-order valence-corrected chi connectivity index (χ3v) is 6.59. The molecule has 7 nitrogen and oxygen atoms in total. The Labute approximate surface area is 197 Å². The van der Waals surface area contributed by atoms with Crippen LogP contribution in [-0.2, 0) is 9.59 Å². The van der Waals surface area contributed by atoms with E-state index in [1.165, 1.54) is 9.80 Å². The Morgan fingerprint density at radius 2 is 1.82 bits per heavy atom. The Hall–Kier alpha value is -3.16. The van der Waals surface area contributed by atoms with Gasteiger partial charge < -0.3 is 19.3 Å². The van der Waals surface area contributed by atoms with Crippen LogP contribution in [-0.4, -0.2) is 52.2 Å². The van der Waals surface area contributed by atoms with Crippen molar-refractivity contribution in [1.82, 2.24) is 14.3 Å². The van der Waals surface area contributed by atoms with E-state index in [1.807, 2.05) is 6.07 Å². The Kier molecular flexibility index (Phi) is 6.54. The predicted octanol–water partition coefficient (Wildman–Crippen LogP) is 1.44. The highest BCUT2D eigenvalue weighted by atomic mass is 35.5. The number of Topliss-reactive ketones (excluding diaryl/α,β-unsaturated/α-hetero) is 1. The summed E-state index contributed by atoms with van der Waals surface area (Å²) in [6, 6.07) is 11.6. The van der Waals surface area contributed by atoms with Gasteiger partial charge in [-0.05, 0) is 50.6 Å². The number of hydrogen-bond donors (Lipinski definition) is 1. The van der Waals surface area contributed by atoms with E-state index in [0.29, 0.717) is 40.7 Å². The molecule has 0 radical (unpaired) electrons. The second-order valence-electron chi connectivity index (χ2n) is 8.21. The minimum absolute atomic E-state index is 0.0365. The molecule has 1 unspecified atom stereocenters. The van der Waals surface area contributed by atoms with Crippen molar-refractivity contribution in [2.24, 2.45) is 0 Å². The number of pyridine rings is 1. The van der Waals surface area contributed by atoms with Crippen LogP contribution in [0.1, 0.15) is 36.8 Å². The lowest BCUT2D eigenvalue weighted by Crippen LogP contribution is -3.12. The number of aryl methyl sites for hydroxylation is 1. The first-order valence-corrected chi connectivity index (χ1v) is 11.5. The maximum Gasteiger partial charge on any atom is 0.295 e. The lowest BCUT2D eigenvalue weighted by Gasteiger charge is -2.28. The third-order valence-electron chi connectivity index (χ3n) is 6.34. The molecule has 0 saturated carbocycles. The highest BCUT2D eigenvalue weighted by Gasteiger charge is 2.44. The van der Waals surface area contributed by atoms with Gasteiger partial charge in [-0.3, -0.25) is 9.59 Å². The van der Waals surface area contributed by atoms with Gasteiger partial charge >= 0.3 is 0 Å². The summed E-state index contributed by atoms with van der Waals surface area (Å²) in [4.78, 5) is 33.6. The van der Waals surface area contributed by atoms with E-state index in [0.717, 1.165) is 13.1 Å². The molecule has 33 heavy (non-hydrogen) atoms. The number of carbonyl (C=O) groups excluding carboxylic acids is 2. The highest BCUT2D eigenvalue weighted by Crippen LogP contribution is 2.39. The first-order chi connectivity index (χ1) is 15.9. The van der Waals surface area contributed by atoms with Gasteiger partial charge in [0.05, 0.1) is 43.6 Å². The molecule has 1 amide bonds. The standard InChI is InChI=1S/C25H27ClN4O3/c1-4-28(5-2)14-15-30-22(17-9-11-18(26)12-10-17)20(24(32)25(30)33)23(31)21-16(3)27-19-8-6-7-13-29(19)21/h6-13,22,31H,4-5,14-15H2,1-3H3/b23-20+. The van der Waals surface area contributed by atoms with Crippen LogP contribution >= 0.6 is 11.6 Å². The van der Waals surface area contributed by atoms with E-state index in [4.69, 9.17) is 11.6 Å². The lowest BCUT2D eigenvalue weighted by molar-refractivity contribution is -0.895. The number of aromatic nitrogens is 2. The van der Waals surface area contributed by atoms with Crippen LogP contribution in [0.15, 0.2) is 54.2 Å². The fourth-order valence-electron chi connectivity index (χ4n) is 4.49. The summed E-state index contributed by atoms with van der Waals surface area (Å²) in [5.74, 6) is -1.86. The molecule has 1 aromatic carbocycles. The van der Waals surface area contributed by atoms with Crippen LogP contribution in [0.5, 0.6) is 0 Å².